The minimum atomic E-state index is -0.277. The molecule has 0 bridgehead atoms. The van der Waals surface area contributed by atoms with E-state index in [-0.39, 0.29) is 12.4 Å². The van der Waals surface area contributed by atoms with E-state index >= 15 is 0 Å². The first-order valence-electron chi connectivity index (χ1n) is 6.50. The van der Waals surface area contributed by atoms with E-state index in [9.17, 15) is 4.39 Å². The average molecular weight is 312 g/mol. The molecule has 0 radical (unpaired) electrons. The van der Waals surface area contributed by atoms with Crippen LogP contribution in [-0.2, 0) is 6.54 Å². The lowest BCUT2D eigenvalue weighted by Crippen LogP contribution is -2.04. The Balaban J connectivity index is 1.81. The molecule has 0 saturated carbocycles. The molecule has 0 aliphatic rings. The number of nitrogens with zero attached hydrogens (tertiary/aromatic N) is 6. The van der Waals surface area contributed by atoms with E-state index in [0.29, 0.717) is 22.4 Å². The summed E-state index contributed by atoms with van der Waals surface area (Å²) in [5, 5.41) is 10.8. The fraction of sp³-hybridized carbons (Fsp3) is 0.0714. The second-order valence-corrected chi connectivity index (χ2v) is 5.46. The standard InChI is InChI=1S/C14H9FN6S/c15-10-4-2-1-3-9(10)7-21-13-11(19-20-21)12(17-8-18-13)14-16-5-6-22-14/h1-6,8H,7H2. The van der Waals surface area contributed by atoms with Gasteiger partial charge in [-0.2, -0.15) is 0 Å². The number of hydrogen-bond acceptors (Lipinski definition) is 6. The Morgan fingerprint density at radius 1 is 1.14 bits per heavy atom. The lowest BCUT2D eigenvalue weighted by molar-refractivity contribution is 0.582. The van der Waals surface area contributed by atoms with Crippen molar-refractivity contribution in [3.63, 3.8) is 0 Å². The van der Waals surface area contributed by atoms with Crippen molar-refractivity contribution < 1.29 is 4.39 Å². The van der Waals surface area contributed by atoms with Crippen molar-refractivity contribution in [2.24, 2.45) is 0 Å². The van der Waals surface area contributed by atoms with Gasteiger partial charge in [-0.3, -0.25) is 0 Å². The van der Waals surface area contributed by atoms with Gasteiger partial charge in [0.15, 0.2) is 11.2 Å². The summed E-state index contributed by atoms with van der Waals surface area (Å²) in [6.45, 7) is 0.261. The number of fused-ring (bicyclic) bond motifs is 1. The molecule has 6 nitrogen and oxygen atoms in total. The fourth-order valence-electron chi connectivity index (χ4n) is 2.18. The second-order valence-electron chi connectivity index (χ2n) is 4.57. The summed E-state index contributed by atoms with van der Waals surface area (Å²) in [6, 6.07) is 6.57. The van der Waals surface area contributed by atoms with Crippen molar-refractivity contribution in [3.05, 3.63) is 53.6 Å². The lowest BCUT2D eigenvalue weighted by Gasteiger charge is -2.03. The van der Waals surface area contributed by atoms with Crippen LogP contribution in [0.2, 0.25) is 0 Å². The van der Waals surface area contributed by atoms with Gasteiger partial charge in [0, 0.05) is 17.1 Å². The van der Waals surface area contributed by atoms with Crippen LogP contribution in [-0.4, -0.2) is 29.9 Å². The van der Waals surface area contributed by atoms with Crippen molar-refractivity contribution in [3.8, 4) is 10.7 Å². The van der Waals surface area contributed by atoms with Gasteiger partial charge in [0.1, 0.15) is 22.8 Å². The maximum Gasteiger partial charge on any atom is 0.182 e. The Hall–Kier alpha value is -2.74. The normalized spacial score (nSPS) is 11.1. The Kier molecular flexibility index (Phi) is 3.08. The van der Waals surface area contributed by atoms with E-state index in [1.54, 1.807) is 29.1 Å². The monoisotopic (exact) mass is 312 g/mol. The molecule has 3 aromatic heterocycles. The third-order valence-corrected chi connectivity index (χ3v) is 3.99. The number of thiazole rings is 1. The molecule has 0 aliphatic heterocycles. The predicted octanol–water partition coefficient (Wildman–Crippen LogP) is 2.53. The molecular formula is C14H9FN6S. The van der Waals surface area contributed by atoms with Gasteiger partial charge in [0.25, 0.3) is 0 Å². The quantitative estimate of drug-likeness (QED) is 0.581. The van der Waals surface area contributed by atoms with Gasteiger partial charge in [-0.1, -0.05) is 23.4 Å². The molecule has 108 valence electrons. The molecule has 0 fully saturated rings. The Morgan fingerprint density at radius 2 is 2.05 bits per heavy atom. The Bertz CT molecular complexity index is 934. The molecule has 0 atom stereocenters. The van der Waals surface area contributed by atoms with Gasteiger partial charge < -0.3 is 0 Å². The van der Waals surface area contributed by atoms with E-state index in [4.69, 9.17) is 0 Å². The zero-order valence-electron chi connectivity index (χ0n) is 11.2. The molecule has 8 heteroatoms. The van der Waals surface area contributed by atoms with E-state index in [1.807, 2.05) is 5.38 Å². The minimum Gasteiger partial charge on any atom is -0.243 e. The molecule has 22 heavy (non-hydrogen) atoms. The summed E-state index contributed by atoms with van der Waals surface area (Å²) >= 11 is 1.47. The Labute approximate surface area is 128 Å². The molecule has 1 aromatic carbocycles. The van der Waals surface area contributed by atoms with Crippen LogP contribution in [0.4, 0.5) is 4.39 Å². The molecule has 0 amide bonds. The third-order valence-electron chi connectivity index (χ3n) is 3.21. The van der Waals surface area contributed by atoms with Gasteiger partial charge in [0.05, 0.1) is 6.54 Å². The summed E-state index contributed by atoms with van der Waals surface area (Å²) < 4.78 is 15.3. The van der Waals surface area contributed by atoms with Crippen LogP contribution < -0.4 is 0 Å². The van der Waals surface area contributed by atoms with Crippen LogP contribution >= 0.6 is 11.3 Å². The number of rotatable bonds is 3. The number of benzene rings is 1. The van der Waals surface area contributed by atoms with Crippen molar-refractivity contribution in [1.29, 1.82) is 0 Å². The van der Waals surface area contributed by atoms with E-state index in [0.717, 1.165) is 5.01 Å². The highest BCUT2D eigenvalue weighted by Crippen LogP contribution is 2.25. The van der Waals surface area contributed by atoms with Crippen molar-refractivity contribution in [1.82, 2.24) is 29.9 Å². The fourth-order valence-corrected chi connectivity index (χ4v) is 2.82. The lowest BCUT2D eigenvalue weighted by atomic mass is 10.2. The first-order valence-corrected chi connectivity index (χ1v) is 7.38. The third kappa shape index (κ3) is 2.13. The molecule has 0 aliphatic carbocycles. The molecule has 4 aromatic rings. The highest BCUT2D eigenvalue weighted by atomic mass is 32.1. The SMILES string of the molecule is Fc1ccccc1Cn1nnc2c(-c3nccs3)ncnc21. The van der Waals surface area contributed by atoms with Crippen LogP contribution in [0.5, 0.6) is 0 Å². The summed E-state index contributed by atoms with van der Waals surface area (Å²) in [7, 11) is 0. The summed E-state index contributed by atoms with van der Waals surface area (Å²) in [6.07, 6.45) is 3.15. The van der Waals surface area contributed by atoms with Crippen LogP contribution in [0.3, 0.4) is 0 Å². The van der Waals surface area contributed by atoms with Crippen LogP contribution in [0.25, 0.3) is 21.9 Å². The zero-order chi connectivity index (χ0) is 14.9. The maximum atomic E-state index is 13.8. The van der Waals surface area contributed by atoms with Crippen molar-refractivity contribution >= 4 is 22.5 Å². The molecule has 3 heterocycles. The maximum absolute atomic E-state index is 13.8. The topological polar surface area (TPSA) is 69.4 Å². The molecule has 0 spiro atoms. The first-order chi connectivity index (χ1) is 10.8. The largest absolute Gasteiger partial charge is 0.243 e. The van der Waals surface area contributed by atoms with E-state index in [1.165, 1.54) is 23.7 Å². The Morgan fingerprint density at radius 3 is 2.86 bits per heavy atom. The van der Waals surface area contributed by atoms with E-state index in [2.05, 4.69) is 25.3 Å². The first kappa shape index (κ1) is 13.0. The average Bonchev–Trinajstić information content (AvgIpc) is 3.19. The molecule has 0 N–H and O–H groups in total. The van der Waals surface area contributed by atoms with Gasteiger partial charge >= 0.3 is 0 Å². The molecule has 4 rings (SSSR count). The van der Waals surface area contributed by atoms with Gasteiger partial charge in [-0.05, 0) is 6.07 Å². The highest BCUT2D eigenvalue weighted by molar-refractivity contribution is 7.13. The highest BCUT2D eigenvalue weighted by Gasteiger charge is 2.15. The van der Waals surface area contributed by atoms with Crippen LogP contribution in [0, 0.1) is 5.82 Å². The van der Waals surface area contributed by atoms with Gasteiger partial charge in [-0.15, -0.1) is 16.4 Å². The molecule has 0 saturated heterocycles. The number of halogens is 1. The summed E-state index contributed by atoms with van der Waals surface area (Å²) in [5.74, 6) is -0.277. The summed E-state index contributed by atoms with van der Waals surface area (Å²) in [5.41, 5.74) is 2.29. The number of aromatic nitrogens is 6. The van der Waals surface area contributed by atoms with Gasteiger partial charge in [-0.25, -0.2) is 24.0 Å². The van der Waals surface area contributed by atoms with Gasteiger partial charge in [0.2, 0.25) is 0 Å². The smallest absolute Gasteiger partial charge is 0.182 e. The molecule has 0 unspecified atom stereocenters. The predicted molar refractivity (Wildman–Crippen MR) is 79.7 cm³/mol. The number of hydrogen-bond donors (Lipinski definition) is 0. The minimum absolute atomic E-state index is 0.261. The second kappa shape index (κ2) is 5.23. The molecular weight excluding hydrogens is 303 g/mol. The zero-order valence-corrected chi connectivity index (χ0v) is 12.0. The van der Waals surface area contributed by atoms with Crippen molar-refractivity contribution in [2.45, 2.75) is 6.54 Å². The van der Waals surface area contributed by atoms with E-state index < -0.39 is 0 Å². The summed E-state index contributed by atoms with van der Waals surface area (Å²) in [4.78, 5) is 12.7. The van der Waals surface area contributed by atoms with Crippen LogP contribution in [0.1, 0.15) is 5.56 Å². The van der Waals surface area contributed by atoms with Crippen LogP contribution in [0.15, 0.2) is 42.2 Å². The van der Waals surface area contributed by atoms with Crippen molar-refractivity contribution in [2.75, 3.05) is 0 Å².